The highest BCUT2D eigenvalue weighted by molar-refractivity contribution is 8.79. The predicted octanol–water partition coefficient (Wildman–Crippen LogP) is 4.94. The number of aromatic nitrogens is 1. The van der Waals surface area contributed by atoms with Crippen molar-refractivity contribution in [3.05, 3.63) is 60.8 Å². The van der Waals surface area contributed by atoms with Crippen LogP contribution in [0, 0.1) is 10.1 Å². The lowest BCUT2D eigenvalue weighted by Crippen LogP contribution is -2.41. The summed E-state index contributed by atoms with van der Waals surface area (Å²) in [6, 6.07) is 2.46. The van der Waals surface area contributed by atoms with Gasteiger partial charge >= 0.3 is 0 Å². The zero-order valence-corrected chi connectivity index (χ0v) is 18.3. The summed E-state index contributed by atoms with van der Waals surface area (Å²) in [4.78, 5) is 24.4. The number of pyridine rings is 1. The summed E-state index contributed by atoms with van der Waals surface area (Å²) in [5.74, 6) is 0. The second-order valence-corrected chi connectivity index (χ2v) is 14.8. The van der Waals surface area contributed by atoms with Gasteiger partial charge in [-0.15, -0.1) is 0 Å². The molecule has 142 valence electrons. The summed E-state index contributed by atoms with van der Waals surface area (Å²) in [5.41, 5.74) is -0.337. The zero-order valence-electron chi connectivity index (χ0n) is 15.6. The van der Waals surface area contributed by atoms with E-state index < -0.39 is 13.2 Å². The summed E-state index contributed by atoms with van der Waals surface area (Å²) in [6.07, 6.45) is 5.25. The summed E-state index contributed by atoms with van der Waals surface area (Å²) in [5, 5.41) is 11.0. The molecule has 0 saturated heterocycles. The van der Waals surface area contributed by atoms with Crippen LogP contribution in [0.3, 0.4) is 0 Å². The first-order chi connectivity index (χ1) is 12.0. The van der Waals surface area contributed by atoms with Crippen LogP contribution in [0.5, 0.6) is 0 Å². The molecule has 9 heteroatoms. The first kappa shape index (κ1) is 21.0. The van der Waals surface area contributed by atoms with Gasteiger partial charge in [0.1, 0.15) is 0 Å². The van der Waals surface area contributed by atoms with E-state index in [1.807, 2.05) is 12.2 Å². The Hall–Kier alpha value is -1.29. The van der Waals surface area contributed by atoms with Crippen molar-refractivity contribution >= 4 is 35.6 Å². The fourth-order valence-electron chi connectivity index (χ4n) is 1.89. The smallest absolute Gasteiger partial charge is 0.285 e. The van der Waals surface area contributed by atoms with Gasteiger partial charge in [-0.2, -0.15) is 0 Å². The van der Waals surface area contributed by atoms with E-state index in [1.165, 1.54) is 22.9 Å². The lowest BCUT2D eigenvalue weighted by atomic mass is 10.2. The molecule has 26 heavy (non-hydrogen) atoms. The van der Waals surface area contributed by atoms with E-state index in [4.69, 9.17) is 4.43 Å². The first-order valence-corrected chi connectivity index (χ1v) is 13.3. The molecule has 0 aromatic carbocycles. The minimum Gasteiger partial charge on any atom is -0.412 e. The van der Waals surface area contributed by atoms with Gasteiger partial charge < -0.3 is 8.99 Å². The summed E-state index contributed by atoms with van der Waals surface area (Å²) >= 11 is 0. The SMILES string of the molecule is CC(C)(C)[Si](C)(C)OCC1=CC=C(Cn2cc([N+](=O)[O-])ccc2=O)SS1. The maximum Gasteiger partial charge on any atom is 0.285 e. The lowest BCUT2D eigenvalue weighted by Gasteiger charge is -2.36. The van der Waals surface area contributed by atoms with Crippen molar-refractivity contribution in [1.82, 2.24) is 4.57 Å². The number of allylic oxidation sites excluding steroid dienone is 3. The quantitative estimate of drug-likeness (QED) is 0.285. The standard InChI is InChI=1S/C17H24N2O4S2Si/c1-17(2,3)26(4,5)23-12-15-8-7-14(24-25-15)11-18-10-13(19(21)22)6-9-16(18)20/h6-10H,11-12H2,1-5H3. The lowest BCUT2D eigenvalue weighted by molar-refractivity contribution is -0.385. The van der Waals surface area contributed by atoms with Crippen molar-refractivity contribution in [2.45, 2.75) is 45.4 Å². The highest BCUT2D eigenvalue weighted by atomic mass is 33.1. The third-order valence-corrected chi connectivity index (χ3v) is 11.6. The second-order valence-electron chi connectivity index (χ2n) is 7.59. The molecule has 1 aliphatic heterocycles. The molecular weight excluding hydrogens is 388 g/mol. The Morgan fingerprint density at radius 3 is 2.35 bits per heavy atom. The molecule has 0 atom stereocenters. The van der Waals surface area contributed by atoms with Gasteiger partial charge in [0.05, 0.1) is 24.3 Å². The Morgan fingerprint density at radius 1 is 1.19 bits per heavy atom. The molecule has 0 fully saturated rings. The third-order valence-electron chi connectivity index (χ3n) is 4.60. The molecule has 6 nitrogen and oxygen atoms in total. The monoisotopic (exact) mass is 412 g/mol. The molecule has 0 unspecified atom stereocenters. The summed E-state index contributed by atoms with van der Waals surface area (Å²) < 4.78 is 7.59. The van der Waals surface area contributed by atoms with Crippen molar-refractivity contribution in [3.63, 3.8) is 0 Å². The molecule has 1 aromatic heterocycles. The van der Waals surface area contributed by atoms with Gasteiger partial charge in [-0.3, -0.25) is 14.9 Å². The Kier molecular flexibility index (Phi) is 6.59. The Labute approximate surface area is 162 Å². The highest BCUT2D eigenvalue weighted by Gasteiger charge is 2.37. The van der Waals surface area contributed by atoms with Gasteiger partial charge in [0.15, 0.2) is 8.32 Å². The van der Waals surface area contributed by atoms with Crippen LogP contribution in [0.1, 0.15) is 20.8 Å². The van der Waals surface area contributed by atoms with Crippen molar-refractivity contribution in [1.29, 1.82) is 0 Å². The molecule has 0 saturated carbocycles. The van der Waals surface area contributed by atoms with Crippen LogP contribution >= 0.6 is 21.6 Å². The number of hydrogen-bond donors (Lipinski definition) is 0. The topological polar surface area (TPSA) is 74.4 Å². The van der Waals surface area contributed by atoms with E-state index >= 15 is 0 Å². The van der Waals surface area contributed by atoms with Crippen LogP contribution in [-0.2, 0) is 11.0 Å². The van der Waals surface area contributed by atoms with E-state index in [0.717, 1.165) is 9.81 Å². The van der Waals surface area contributed by atoms with Crippen LogP contribution in [0.25, 0.3) is 0 Å². The van der Waals surface area contributed by atoms with Crippen molar-refractivity contribution < 1.29 is 9.35 Å². The van der Waals surface area contributed by atoms with Gasteiger partial charge in [0.2, 0.25) is 0 Å². The molecular formula is C17H24N2O4S2Si. The molecule has 0 N–H and O–H groups in total. The van der Waals surface area contributed by atoms with Crippen molar-refractivity contribution in [2.75, 3.05) is 6.61 Å². The average Bonchev–Trinajstić information content (AvgIpc) is 2.55. The Bertz CT molecular complexity index is 810. The van der Waals surface area contributed by atoms with E-state index in [0.29, 0.717) is 13.2 Å². The van der Waals surface area contributed by atoms with Gasteiger partial charge in [-0.1, -0.05) is 42.4 Å². The minimum absolute atomic E-state index is 0.0855. The van der Waals surface area contributed by atoms with Crippen molar-refractivity contribution in [3.8, 4) is 0 Å². The third kappa shape index (κ3) is 5.35. The van der Waals surface area contributed by atoms with Gasteiger partial charge in [0, 0.05) is 21.9 Å². The molecule has 0 aliphatic carbocycles. The number of nitro groups is 1. The molecule has 2 rings (SSSR count). The highest BCUT2D eigenvalue weighted by Crippen LogP contribution is 2.42. The Morgan fingerprint density at radius 2 is 1.81 bits per heavy atom. The van der Waals surface area contributed by atoms with Crippen LogP contribution in [-0.4, -0.2) is 24.4 Å². The maximum absolute atomic E-state index is 11.9. The summed E-state index contributed by atoms with van der Waals surface area (Å²) in [7, 11) is 1.39. The minimum atomic E-state index is -1.78. The Balaban J connectivity index is 2.04. The fourth-order valence-corrected chi connectivity index (χ4v) is 4.98. The van der Waals surface area contributed by atoms with E-state index in [1.54, 1.807) is 21.6 Å². The van der Waals surface area contributed by atoms with Gasteiger partial charge in [0.25, 0.3) is 11.2 Å². The molecule has 0 bridgehead atoms. The van der Waals surface area contributed by atoms with Gasteiger partial charge in [-0.25, -0.2) is 0 Å². The van der Waals surface area contributed by atoms with E-state index in [9.17, 15) is 14.9 Å². The van der Waals surface area contributed by atoms with E-state index in [-0.39, 0.29) is 16.3 Å². The van der Waals surface area contributed by atoms with Gasteiger partial charge in [-0.05, 0) is 30.3 Å². The number of hydrogen-bond acceptors (Lipinski definition) is 6. The zero-order chi connectivity index (χ0) is 19.5. The fraction of sp³-hybridized carbons (Fsp3) is 0.471. The molecule has 1 aromatic rings. The number of nitrogens with zero attached hydrogens (tertiary/aromatic N) is 2. The maximum atomic E-state index is 11.9. The van der Waals surface area contributed by atoms with E-state index in [2.05, 4.69) is 33.9 Å². The van der Waals surface area contributed by atoms with Crippen LogP contribution in [0.15, 0.2) is 45.1 Å². The summed E-state index contributed by atoms with van der Waals surface area (Å²) in [6.45, 7) is 12.0. The second kappa shape index (κ2) is 8.16. The molecule has 0 radical (unpaired) electrons. The predicted molar refractivity (Wildman–Crippen MR) is 112 cm³/mol. The molecule has 0 amide bonds. The molecule has 0 spiro atoms. The average molecular weight is 413 g/mol. The molecule has 1 aliphatic rings. The van der Waals surface area contributed by atoms with Crippen molar-refractivity contribution in [2.24, 2.45) is 0 Å². The van der Waals surface area contributed by atoms with Crippen LogP contribution < -0.4 is 5.56 Å². The van der Waals surface area contributed by atoms with Crippen LogP contribution in [0.4, 0.5) is 5.69 Å². The first-order valence-electron chi connectivity index (χ1n) is 8.23. The van der Waals surface area contributed by atoms with Crippen LogP contribution in [0.2, 0.25) is 18.1 Å². The largest absolute Gasteiger partial charge is 0.412 e. The normalized spacial score (nSPS) is 15.4. The molecule has 2 heterocycles. The number of rotatable bonds is 6.